The van der Waals surface area contributed by atoms with Crippen LogP contribution in [-0.4, -0.2) is 10.9 Å². The van der Waals surface area contributed by atoms with Gasteiger partial charge in [0.2, 0.25) is 5.91 Å². The van der Waals surface area contributed by atoms with Gasteiger partial charge in [-0.3, -0.25) is 4.79 Å². The van der Waals surface area contributed by atoms with Crippen molar-refractivity contribution in [3.05, 3.63) is 27.1 Å². The molecule has 0 radical (unpaired) electrons. The molecule has 0 aliphatic carbocycles. The van der Waals surface area contributed by atoms with E-state index in [1.54, 1.807) is 6.07 Å². The number of rotatable bonds is 1. The molecule has 1 heterocycles. The molecule has 1 aromatic heterocycles. The predicted molar refractivity (Wildman–Crippen MR) is 50.2 cm³/mol. The van der Waals surface area contributed by atoms with Crippen molar-refractivity contribution in [1.82, 2.24) is 4.98 Å². The van der Waals surface area contributed by atoms with Crippen molar-refractivity contribution >= 4 is 28.5 Å². The zero-order valence-corrected chi connectivity index (χ0v) is 8.12. The lowest BCUT2D eigenvalue weighted by Gasteiger charge is -1.98. The minimum Gasteiger partial charge on any atom is -0.366 e. The first-order valence-electron chi connectivity index (χ1n) is 3.03. The molecule has 2 N–H and O–H groups in total. The molecule has 4 heteroatoms. The van der Waals surface area contributed by atoms with Crippen molar-refractivity contribution < 1.29 is 4.79 Å². The van der Waals surface area contributed by atoms with Crippen molar-refractivity contribution in [3.63, 3.8) is 0 Å². The van der Waals surface area contributed by atoms with Crippen LogP contribution in [0.25, 0.3) is 0 Å². The smallest absolute Gasteiger partial charge is 0.250 e. The second-order valence-corrected chi connectivity index (χ2v) is 3.22. The van der Waals surface area contributed by atoms with Crippen molar-refractivity contribution in [2.45, 2.75) is 6.92 Å². The van der Waals surface area contributed by atoms with E-state index in [1.165, 1.54) is 6.20 Å². The van der Waals surface area contributed by atoms with Gasteiger partial charge < -0.3 is 5.73 Å². The van der Waals surface area contributed by atoms with Gasteiger partial charge in [-0.2, -0.15) is 0 Å². The highest BCUT2D eigenvalue weighted by molar-refractivity contribution is 14.1. The third kappa shape index (κ3) is 1.89. The summed E-state index contributed by atoms with van der Waals surface area (Å²) in [7, 11) is 0. The van der Waals surface area contributed by atoms with E-state index in [2.05, 4.69) is 27.6 Å². The molecule has 1 amide bonds. The van der Waals surface area contributed by atoms with Gasteiger partial charge in [0.05, 0.1) is 5.56 Å². The summed E-state index contributed by atoms with van der Waals surface area (Å²) in [6.07, 6.45) is 1.48. The van der Waals surface area contributed by atoms with Gasteiger partial charge >= 0.3 is 0 Å². The number of nitrogens with two attached hydrogens (primary N) is 1. The Morgan fingerprint density at radius 1 is 1.73 bits per heavy atom. The number of pyridine rings is 1. The van der Waals surface area contributed by atoms with Crippen LogP contribution in [0.5, 0.6) is 0 Å². The lowest BCUT2D eigenvalue weighted by molar-refractivity contribution is 0.1000. The Morgan fingerprint density at radius 3 is 2.82 bits per heavy atom. The minimum absolute atomic E-state index is 0.433. The number of amides is 1. The van der Waals surface area contributed by atoms with Gasteiger partial charge in [0.15, 0.2) is 0 Å². The quantitative estimate of drug-likeness (QED) is 0.608. The molecule has 1 aromatic rings. The standard InChI is InChI=1S/C7H7IN2O/c1-4-2-5(7(9)11)3-10-6(4)8/h2-3H,1H3,(H2,9,11). The topological polar surface area (TPSA) is 56.0 Å². The predicted octanol–water partition coefficient (Wildman–Crippen LogP) is 1.09. The van der Waals surface area contributed by atoms with Gasteiger partial charge in [-0.1, -0.05) is 0 Å². The van der Waals surface area contributed by atoms with E-state index < -0.39 is 5.91 Å². The number of nitrogens with zero attached hydrogens (tertiary/aromatic N) is 1. The lowest BCUT2D eigenvalue weighted by atomic mass is 10.2. The number of halogens is 1. The summed E-state index contributed by atoms with van der Waals surface area (Å²) in [6, 6.07) is 1.73. The number of aryl methyl sites for hydroxylation is 1. The summed E-state index contributed by atoms with van der Waals surface area (Å²) in [5.74, 6) is -0.433. The number of carbonyl (C=O) groups excluding carboxylic acids is 1. The van der Waals surface area contributed by atoms with E-state index in [1.807, 2.05) is 6.92 Å². The SMILES string of the molecule is Cc1cc(C(N)=O)cnc1I. The molecular formula is C7H7IN2O. The summed E-state index contributed by atoms with van der Waals surface area (Å²) >= 11 is 2.10. The van der Waals surface area contributed by atoms with E-state index in [0.29, 0.717) is 5.56 Å². The summed E-state index contributed by atoms with van der Waals surface area (Å²) in [5, 5.41) is 0. The molecule has 0 aliphatic heterocycles. The Hall–Kier alpha value is -0.650. The highest BCUT2D eigenvalue weighted by atomic mass is 127. The van der Waals surface area contributed by atoms with Crippen molar-refractivity contribution in [2.24, 2.45) is 5.73 Å². The van der Waals surface area contributed by atoms with E-state index in [4.69, 9.17) is 5.73 Å². The molecule has 0 spiro atoms. The number of aromatic nitrogens is 1. The number of hydrogen-bond acceptors (Lipinski definition) is 2. The Labute approximate surface area is 78.1 Å². The largest absolute Gasteiger partial charge is 0.366 e. The summed E-state index contributed by atoms with van der Waals surface area (Å²) in [5.41, 5.74) is 6.49. The minimum atomic E-state index is -0.433. The zero-order valence-electron chi connectivity index (χ0n) is 5.97. The first-order chi connectivity index (χ1) is 5.11. The second-order valence-electron chi connectivity index (χ2n) is 2.20. The van der Waals surface area contributed by atoms with Crippen LogP contribution in [0, 0.1) is 10.6 Å². The monoisotopic (exact) mass is 262 g/mol. The molecule has 0 aromatic carbocycles. The number of carbonyl (C=O) groups is 1. The van der Waals surface area contributed by atoms with Crippen LogP contribution >= 0.6 is 22.6 Å². The van der Waals surface area contributed by atoms with E-state index in [-0.39, 0.29) is 0 Å². The van der Waals surface area contributed by atoms with Crippen LogP contribution in [-0.2, 0) is 0 Å². The molecule has 3 nitrogen and oxygen atoms in total. The van der Waals surface area contributed by atoms with Gasteiger partial charge in [-0.25, -0.2) is 4.98 Å². The molecule has 0 aliphatic rings. The van der Waals surface area contributed by atoms with E-state index in [0.717, 1.165) is 9.26 Å². The Morgan fingerprint density at radius 2 is 2.36 bits per heavy atom. The van der Waals surface area contributed by atoms with Crippen molar-refractivity contribution in [2.75, 3.05) is 0 Å². The fourth-order valence-corrected chi connectivity index (χ4v) is 0.988. The molecule has 58 valence electrons. The third-order valence-corrected chi connectivity index (χ3v) is 2.43. The molecule has 0 saturated heterocycles. The maximum atomic E-state index is 10.6. The normalized spacial score (nSPS) is 9.64. The van der Waals surface area contributed by atoms with E-state index in [9.17, 15) is 4.79 Å². The maximum absolute atomic E-state index is 10.6. The maximum Gasteiger partial charge on any atom is 0.250 e. The molecule has 0 saturated carbocycles. The molecule has 0 unspecified atom stereocenters. The third-order valence-electron chi connectivity index (χ3n) is 1.30. The average molecular weight is 262 g/mol. The fourth-order valence-electron chi connectivity index (χ4n) is 0.693. The summed E-state index contributed by atoms with van der Waals surface area (Å²) in [4.78, 5) is 14.6. The van der Waals surface area contributed by atoms with Gasteiger partial charge in [0, 0.05) is 6.20 Å². The Kier molecular flexibility index (Phi) is 2.43. The number of primary amides is 1. The summed E-state index contributed by atoms with van der Waals surface area (Å²) in [6.45, 7) is 1.89. The first-order valence-corrected chi connectivity index (χ1v) is 4.11. The van der Waals surface area contributed by atoms with Crippen LogP contribution < -0.4 is 5.73 Å². The zero-order chi connectivity index (χ0) is 8.43. The summed E-state index contributed by atoms with van der Waals surface area (Å²) < 4.78 is 0.896. The van der Waals surface area contributed by atoms with Crippen molar-refractivity contribution in [3.8, 4) is 0 Å². The van der Waals surface area contributed by atoms with Crippen LogP contribution in [0.4, 0.5) is 0 Å². The van der Waals surface area contributed by atoms with Crippen LogP contribution in [0.3, 0.4) is 0 Å². The number of hydrogen-bond donors (Lipinski definition) is 1. The average Bonchev–Trinajstić information content (AvgIpc) is 1.94. The molecule has 1 rings (SSSR count). The molecule has 11 heavy (non-hydrogen) atoms. The van der Waals surface area contributed by atoms with Gasteiger partial charge in [-0.05, 0) is 41.1 Å². The Bertz CT molecular complexity index is 298. The lowest BCUT2D eigenvalue weighted by Crippen LogP contribution is -2.11. The van der Waals surface area contributed by atoms with Gasteiger partial charge in [0.25, 0.3) is 0 Å². The molecule has 0 bridgehead atoms. The van der Waals surface area contributed by atoms with Crippen LogP contribution in [0.2, 0.25) is 0 Å². The second kappa shape index (κ2) is 3.17. The first kappa shape index (κ1) is 8.45. The highest BCUT2D eigenvalue weighted by Crippen LogP contribution is 2.08. The molecule has 0 atom stereocenters. The Balaban J connectivity index is 3.15. The van der Waals surface area contributed by atoms with Gasteiger partial charge in [0.1, 0.15) is 3.70 Å². The molecule has 0 fully saturated rings. The fraction of sp³-hybridized carbons (Fsp3) is 0.143. The van der Waals surface area contributed by atoms with Crippen LogP contribution in [0.1, 0.15) is 15.9 Å². The van der Waals surface area contributed by atoms with E-state index >= 15 is 0 Å². The van der Waals surface area contributed by atoms with Gasteiger partial charge in [-0.15, -0.1) is 0 Å². The highest BCUT2D eigenvalue weighted by Gasteiger charge is 2.02. The molecular weight excluding hydrogens is 255 g/mol. The van der Waals surface area contributed by atoms with Crippen molar-refractivity contribution in [1.29, 1.82) is 0 Å². The van der Waals surface area contributed by atoms with Crippen LogP contribution in [0.15, 0.2) is 12.3 Å².